The first-order chi connectivity index (χ1) is 9.92. The molecular formula is C11H15ClN4O4S. The van der Waals surface area contributed by atoms with Crippen molar-refractivity contribution in [1.82, 2.24) is 14.3 Å². The molecule has 0 radical (unpaired) electrons. The van der Waals surface area contributed by atoms with Crippen LogP contribution in [0.1, 0.15) is 12.8 Å². The van der Waals surface area contributed by atoms with Crippen molar-refractivity contribution in [3.63, 3.8) is 0 Å². The van der Waals surface area contributed by atoms with E-state index in [1.807, 2.05) is 0 Å². The molecule has 0 atom stereocenters. The van der Waals surface area contributed by atoms with E-state index in [2.05, 4.69) is 19.4 Å². The van der Waals surface area contributed by atoms with Crippen molar-refractivity contribution in [2.24, 2.45) is 5.92 Å². The maximum Gasteiger partial charge on any atom is 0.308 e. The Morgan fingerprint density at radius 2 is 2.10 bits per heavy atom. The average molecular weight is 335 g/mol. The van der Waals surface area contributed by atoms with Crippen molar-refractivity contribution in [2.45, 2.75) is 12.8 Å². The van der Waals surface area contributed by atoms with Gasteiger partial charge in [-0.2, -0.15) is 12.7 Å². The normalized spacial score (nSPS) is 17.4. The second-order valence-electron chi connectivity index (χ2n) is 4.53. The minimum Gasteiger partial charge on any atom is -0.469 e. The van der Waals surface area contributed by atoms with Gasteiger partial charge in [0.25, 0.3) is 0 Å². The predicted molar refractivity (Wildman–Crippen MR) is 75.9 cm³/mol. The number of methoxy groups -OCH3 is 1. The van der Waals surface area contributed by atoms with Crippen molar-refractivity contribution < 1.29 is 17.9 Å². The van der Waals surface area contributed by atoms with Crippen LogP contribution in [0.25, 0.3) is 0 Å². The molecule has 0 unspecified atom stereocenters. The molecule has 1 saturated heterocycles. The second kappa shape index (κ2) is 6.54. The lowest BCUT2D eigenvalue weighted by molar-refractivity contribution is -0.146. The third kappa shape index (κ3) is 4.02. The summed E-state index contributed by atoms with van der Waals surface area (Å²) in [6, 6.07) is 0. The lowest BCUT2D eigenvalue weighted by Gasteiger charge is -2.29. The van der Waals surface area contributed by atoms with Gasteiger partial charge in [0.1, 0.15) is 5.15 Å². The third-order valence-electron chi connectivity index (χ3n) is 3.17. The molecule has 116 valence electrons. The number of nitrogens with one attached hydrogen (secondary N) is 1. The molecule has 1 aromatic heterocycles. The molecule has 1 fully saturated rings. The van der Waals surface area contributed by atoms with Crippen molar-refractivity contribution in [3.05, 3.63) is 17.5 Å². The molecule has 1 aromatic rings. The summed E-state index contributed by atoms with van der Waals surface area (Å²) in [5.41, 5.74) is 0. The van der Waals surface area contributed by atoms with Gasteiger partial charge in [-0.3, -0.25) is 14.5 Å². The summed E-state index contributed by atoms with van der Waals surface area (Å²) >= 11 is 5.66. The van der Waals surface area contributed by atoms with Crippen LogP contribution in [-0.4, -0.2) is 48.9 Å². The molecule has 21 heavy (non-hydrogen) atoms. The molecule has 1 N–H and O–H groups in total. The molecule has 8 nitrogen and oxygen atoms in total. The smallest absolute Gasteiger partial charge is 0.308 e. The highest BCUT2D eigenvalue weighted by Crippen LogP contribution is 2.21. The standard InChI is InChI=1S/C11H15ClN4O4S/c1-20-11(17)8-2-4-16(5-3-8)21(18,19)15-10-7-13-6-9(12)14-10/h6-8H,2-5H2,1H3,(H,14,15). The number of hydrogen-bond donors (Lipinski definition) is 1. The zero-order valence-electron chi connectivity index (χ0n) is 11.3. The Balaban J connectivity index is 2.00. The topological polar surface area (TPSA) is 101 Å². The van der Waals surface area contributed by atoms with Crippen molar-refractivity contribution in [3.8, 4) is 0 Å². The Labute approximate surface area is 127 Å². The number of carbonyl (C=O) groups is 1. The van der Waals surface area contributed by atoms with Crippen LogP contribution in [0, 0.1) is 5.92 Å². The summed E-state index contributed by atoms with van der Waals surface area (Å²) in [5, 5.41) is 0.0969. The van der Waals surface area contributed by atoms with Gasteiger partial charge in [-0.15, -0.1) is 0 Å². The number of rotatable bonds is 4. The molecule has 2 heterocycles. The Morgan fingerprint density at radius 1 is 1.43 bits per heavy atom. The number of halogens is 1. The number of nitrogens with zero attached hydrogens (tertiary/aromatic N) is 3. The summed E-state index contributed by atoms with van der Waals surface area (Å²) in [5.74, 6) is -0.509. The summed E-state index contributed by atoms with van der Waals surface area (Å²) in [6.07, 6.45) is 3.43. The van der Waals surface area contributed by atoms with E-state index in [9.17, 15) is 13.2 Å². The van der Waals surface area contributed by atoms with Crippen molar-refractivity contribution >= 4 is 33.6 Å². The first-order valence-corrected chi connectivity index (χ1v) is 8.07. The minimum atomic E-state index is -3.74. The maximum atomic E-state index is 12.2. The van der Waals surface area contributed by atoms with E-state index in [1.54, 1.807) is 0 Å². The number of aromatic nitrogens is 2. The lowest BCUT2D eigenvalue weighted by Crippen LogP contribution is -2.43. The van der Waals surface area contributed by atoms with E-state index in [0.29, 0.717) is 12.8 Å². The van der Waals surface area contributed by atoms with E-state index in [-0.39, 0.29) is 35.9 Å². The van der Waals surface area contributed by atoms with Gasteiger partial charge >= 0.3 is 16.2 Å². The largest absolute Gasteiger partial charge is 0.469 e. The van der Waals surface area contributed by atoms with Gasteiger partial charge in [-0.25, -0.2) is 4.98 Å². The van der Waals surface area contributed by atoms with Crippen LogP contribution in [0.3, 0.4) is 0 Å². The highest BCUT2D eigenvalue weighted by molar-refractivity contribution is 7.90. The number of esters is 1. The molecular weight excluding hydrogens is 320 g/mol. The summed E-state index contributed by atoms with van der Waals surface area (Å²) in [4.78, 5) is 19.0. The maximum absolute atomic E-state index is 12.2. The van der Waals surface area contributed by atoms with E-state index in [0.717, 1.165) is 0 Å². The van der Waals surface area contributed by atoms with Crippen molar-refractivity contribution in [2.75, 3.05) is 24.9 Å². The SMILES string of the molecule is COC(=O)C1CCN(S(=O)(=O)Nc2cncc(Cl)n2)CC1. The molecule has 1 aliphatic heterocycles. The molecule has 1 aliphatic rings. The number of carbonyl (C=O) groups excluding carboxylic acids is 1. The predicted octanol–water partition coefficient (Wildman–Crippen LogP) is 0.672. The molecule has 0 bridgehead atoms. The van der Waals surface area contributed by atoms with Gasteiger partial charge < -0.3 is 4.74 Å². The van der Waals surface area contributed by atoms with E-state index in [1.165, 1.54) is 23.8 Å². The molecule has 0 amide bonds. The fraction of sp³-hybridized carbons (Fsp3) is 0.545. The average Bonchev–Trinajstić information content (AvgIpc) is 2.46. The lowest BCUT2D eigenvalue weighted by atomic mass is 9.99. The zero-order chi connectivity index (χ0) is 15.5. The van der Waals surface area contributed by atoms with Crippen LogP contribution in [0.5, 0.6) is 0 Å². The van der Waals surface area contributed by atoms with Gasteiger partial charge in [0, 0.05) is 13.1 Å². The molecule has 0 aromatic carbocycles. The number of ether oxygens (including phenoxy) is 1. The van der Waals surface area contributed by atoms with Crippen LogP contribution in [-0.2, 0) is 19.7 Å². The Kier molecular flexibility index (Phi) is 4.96. The van der Waals surface area contributed by atoms with Crippen molar-refractivity contribution in [1.29, 1.82) is 0 Å². The summed E-state index contributed by atoms with van der Waals surface area (Å²) in [6.45, 7) is 0.478. The number of hydrogen-bond acceptors (Lipinski definition) is 6. The molecule has 0 spiro atoms. The highest BCUT2D eigenvalue weighted by Gasteiger charge is 2.31. The van der Waals surface area contributed by atoms with Crippen LogP contribution < -0.4 is 4.72 Å². The third-order valence-corrected chi connectivity index (χ3v) is 4.86. The first kappa shape index (κ1) is 15.9. The summed E-state index contributed by atoms with van der Waals surface area (Å²) < 4.78 is 32.6. The van der Waals surface area contributed by atoms with Crippen LogP contribution in [0.4, 0.5) is 5.82 Å². The van der Waals surface area contributed by atoms with Gasteiger partial charge in [0.05, 0.1) is 25.4 Å². The molecule has 0 saturated carbocycles. The van der Waals surface area contributed by atoms with E-state index >= 15 is 0 Å². The van der Waals surface area contributed by atoms with E-state index < -0.39 is 10.2 Å². The molecule has 2 rings (SSSR count). The molecule has 0 aliphatic carbocycles. The highest BCUT2D eigenvalue weighted by atomic mass is 35.5. The second-order valence-corrected chi connectivity index (χ2v) is 6.59. The quantitative estimate of drug-likeness (QED) is 0.812. The van der Waals surface area contributed by atoms with Gasteiger partial charge in [0.15, 0.2) is 5.82 Å². The number of piperidine rings is 1. The van der Waals surface area contributed by atoms with Gasteiger partial charge in [-0.05, 0) is 12.8 Å². The number of anilines is 1. The first-order valence-electron chi connectivity index (χ1n) is 6.25. The van der Waals surface area contributed by atoms with Crippen LogP contribution in [0.15, 0.2) is 12.4 Å². The van der Waals surface area contributed by atoms with Gasteiger partial charge in [-0.1, -0.05) is 11.6 Å². The van der Waals surface area contributed by atoms with Crippen LogP contribution >= 0.6 is 11.6 Å². The van der Waals surface area contributed by atoms with Gasteiger partial charge in [0.2, 0.25) is 0 Å². The minimum absolute atomic E-state index is 0.0533. The Bertz CT molecular complexity index is 616. The zero-order valence-corrected chi connectivity index (χ0v) is 12.9. The summed E-state index contributed by atoms with van der Waals surface area (Å²) in [7, 11) is -2.41. The monoisotopic (exact) mass is 334 g/mol. The van der Waals surface area contributed by atoms with E-state index in [4.69, 9.17) is 11.6 Å². The Hall–Kier alpha value is -1.45. The Morgan fingerprint density at radius 3 is 2.67 bits per heavy atom. The fourth-order valence-electron chi connectivity index (χ4n) is 2.09. The van der Waals surface area contributed by atoms with Crippen LogP contribution in [0.2, 0.25) is 5.15 Å². The fourth-order valence-corrected chi connectivity index (χ4v) is 3.42. The molecule has 10 heteroatoms.